The molecule has 0 aromatic heterocycles. The molecule has 0 aliphatic heterocycles. The third-order valence-electron chi connectivity index (χ3n) is 3.77. The van der Waals surface area contributed by atoms with Crippen LogP contribution >= 0.6 is 0 Å². The van der Waals surface area contributed by atoms with Crippen LogP contribution in [0, 0.1) is 0 Å². The Morgan fingerprint density at radius 3 is 2.48 bits per heavy atom. The SMILES string of the molecule is CCNC(=NCCCCCOC)NCCc1ccc(OC)c(OC)c1. The van der Waals surface area contributed by atoms with Gasteiger partial charge in [-0.2, -0.15) is 0 Å². The van der Waals surface area contributed by atoms with E-state index >= 15 is 0 Å². The molecule has 0 bridgehead atoms. The highest BCUT2D eigenvalue weighted by molar-refractivity contribution is 5.79. The van der Waals surface area contributed by atoms with E-state index in [1.165, 1.54) is 5.56 Å². The van der Waals surface area contributed by atoms with Gasteiger partial charge in [0, 0.05) is 33.4 Å². The zero-order valence-electron chi connectivity index (χ0n) is 16.1. The maximum Gasteiger partial charge on any atom is 0.191 e. The van der Waals surface area contributed by atoms with Gasteiger partial charge in [-0.05, 0) is 50.3 Å². The molecule has 0 amide bonds. The summed E-state index contributed by atoms with van der Waals surface area (Å²) in [6.07, 6.45) is 4.20. The summed E-state index contributed by atoms with van der Waals surface area (Å²) in [6, 6.07) is 6.01. The molecule has 0 fully saturated rings. The molecular formula is C19H33N3O3. The molecule has 0 aliphatic carbocycles. The van der Waals surface area contributed by atoms with Crippen LogP contribution in [-0.4, -0.2) is 53.5 Å². The fourth-order valence-corrected chi connectivity index (χ4v) is 2.43. The summed E-state index contributed by atoms with van der Waals surface area (Å²) < 4.78 is 15.7. The number of nitrogens with one attached hydrogen (secondary N) is 2. The van der Waals surface area contributed by atoms with Crippen molar-refractivity contribution in [2.75, 3.05) is 47.6 Å². The molecule has 0 aliphatic rings. The highest BCUT2D eigenvalue weighted by Gasteiger charge is 2.05. The van der Waals surface area contributed by atoms with E-state index in [9.17, 15) is 0 Å². The molecule has 0 radical (unpaired) electrons. The minimum Gasteiger partial charge on any atom is -0.493 e. The van der Waals surface area contributed by atoms with Gasteiger partial charge in [0.2, 0.25) is 0 Å². The number of rotatable bonds is 12. The molecule has 142 valence electrons. The first kappa shape index (κ1) is 21.1. The van der Waals surface area contributed by atoms with Crippen LogP contribution in [0.5, 0.6) is 11.5 Å². The van der Waals surface area contributed by atoms with Crippen LogP contribution in [0.1, 0.15) is 31.7 Å². The average Bonchev–Trinajstić information content (AvgIpc) is 2.64. The normalized spacial score (nSPS) is 11.3. The lowest BCUT2D eigenvalue weighted by Crippen LogP contribution is -2.38. The summed E-state index contributed by atoms with van der Waals surface area (Å²) in [7, 11) is 5.04. The van der Waals surface area contributed by atoms with Crippen molar-refractivity contribution < 1.29 is 14.2 Å². The van der Waals surface area contributed by atoms with Crippen molar-refractivity contribution in [2.45, 2.75) is 32.6 Å². The predicted octanol–water partition coefficient (Wildman–Crippen LogP) is 2.62. The number of nitrogens with zero attached hydrogens (tertiary/aromatic N) is 1. The maximum atomic E-state index is 5.35. The summed E-state index contributed by atoms with van der Waals surface area (Å²) in [5, 5.41) is 6.66. The van der Waals surface area contributed by atoms with Gasteiger partial charge >= 0.3 is 0 Å². The predicted molar refractivity (Wildman–Crippen MR) is 103 cm³/mol. The standard InChI is InChI=1S/C19H33N3O3/c1-5-20-19(21-12-7-6-8-14-23-2)22-13-11-16-9-10-17(24-3)18(15-16)25-4/h9-10,15H,5-8,11-14H2,1-4H3,(H2,20,21,22). The zero-order chi connectivity index (χ0) is 18.3. The lowest BCUT2D eigenvalue weighted by Gasteiger charge is -2.12. The number of hydrogen-bond donors (Lipinski definition) is 2. The molecule has 1 aromatic carbocycles. The molecule has 2 N–H and O–H groups in total. The lowest BCUT2D eigenvalue weighted by molar-refractivity contribution is 0.192. The molecule has 6 heteroatoms. The molecule has 0 saturated heterocycles. The molecule has 0 saturated carbocycles. The molecule has 0 heterocycles. The second kappa shape index (κ2) is 13.4. The highest BCUT2D eigenvalue weighted by atomic mass is 16.5. The van der Waals surface area contributed by atoms with E-state index in [0.717, 1.165) is 69.4 Å². The van der Waals surface area contributed by atoms with Crippen molar-refractivity contribution in [3.63, 3.8) is 0 Å². The first-order valence-corrected chi connectivity index (χ1v) is 8.97. The van der Waals surface area contributed by atoms with E-state index in [0.29, 0.717) is 0 Å². The number of aliphatic imine (C=N–C) groups is 1. The number of unbranched alkanes of at least 4 members (excludes halogenated alkanes) is 2. The number of benzene rings is 1. The second-order valence-corrected chi connectivity index (χ2v) is 5.68. The van der Waals surface area contributed by atoms with E-state index < -0.39 is 0 Å². The monoisotopic (exact) mass is 351 g/mol. The average molecular weight is 351 g/mol. The highest BCUT2D eigenvalue weighted by Crippen LogP contribution is 2.27. The number of ether oxygens (including phenoxy) is 3. The number of guanidine groups is 1. The van der Waals surface area contributed by atoms with Crippen LogP contribution in [0.3, 0.4) is 0 Å². The summed E-state index contributed by atoms with van der Waals surface area (Å²) in [4.78, 5) is 4.61. The summed E-state index contributed by atoms with van der Waals surface area (Å²) >= 11 is 0. The Morgan fingerprint density at radius 2 is 1.80 bits per heavy atom. The fourth-order valence-electron chi connectivity index (χ4n) is 2.43. The molecule has 25 heavy (non-hydrogen) atoms. The topological polar surface area (TPSA) is 64.1 Å². The van der Waals surface area contributed by atoms with Gasteiger partial charge in [-0.25, -0.2) is 0 Å². The third-order valence-corrected chi connectivity index (χ3v) is 3.77. The smallest absolute Gasteiger partial charge is 0.191 e. The van der Waals surface area contributed by atoms with Gasteiger partial charge in [-0.1, -0.05) is 6.07 Å². The van der Waals surface area contributed by atoms with Gasteiger partial charge in [0.1, 0.15) is 0 Å². The zero-order valence-corrected chi connectivity index (χ0v) is 16.1. The molecular weight excluding hydrogens is 318 g/mol. The van der Waals surface area contributed by atoms with Gasteiger partial charge in [0.05, 0.1) is 14.2 Å². The van der Waals surface area contributed by atoms with Gasteiger partial charge in [0.15, 0.2) is 17.5 Å². The van der Waals surface area contributed by atoms with Crippen LogP contribution in [0.15, 0.2) is 23.2 Å². The van der Waals surface area contributed by atoms with E-state index in [1.807, 2.05) is 12.1 Å². The first-order chi connectivity index (χ1) is 12.2. The van der Waals surface area contributed by atoms with Crippen molar-refractivity contribution in [1.29, 1.82) is 0 Å². The minimum absolute atomic E-state index is 0.752. The van der Waals surface area contributed by atoms with Crippen LogP contribution in [0.4, 0.5) is 0 Å². The van der Waals surface area contributed by atoms with Crippen molar-refractivity contribution in [2.24, 2.45) is 4.99 Å². The van der Waals surface area contributed by atoms with Gasteiger partial charge in [-0.15, -0.1) is 0 Å². The van der Waals surface area contributed by atoms with Crippen LogP contribution in [-0.2, 0) is 11.2 Å². The van der Waals surface area contributed by atoms with Crippen LogP contribution in [0.25, 0.3) is 0 Å². The molecule has 0 atom stereocenters. The Bertz CT molecular complexity index is 507. The number of hydrogen-bond acceptors (Lipinski definition) is 4. The summed E-state index contributed by atoms with van der Waals surface area (Å²) in [6.45, 7) is 5.39. The van der Waals surface area contributed by atoms with E-state index in [4.69, 9.17) is 14.2 Å². The van der Waals surface area contributed by atoms with Gasteiger partial charge < -0.3 is 24.8 Å². The fraction of sp³-hybridized carbons (Fsp3) is 0.632. The molecule has 0 spiro atoms. The Labute approximate surface area is 152 Å². The van der Waals surface area contributed by atoms with Gasteiger partial charge in [-0.3, -0.25) is 4.99 Å². The van der Waals surface area contributed by atoms with Gasteiger partial charge in [0.25, 0.3) is 0 Å². The van der Waals surface area contributed by atoms with E-state index in [2.05, 4.69) is 28.6 Å². The van der Waals surface area contributed by atoms with E-state index in [-0.39, 0.29) is 0 Å². The summed E-state index contributed by atoms with van der Waals surface area (Å²) in [5.41, 5.74) is 1.19. The lowest BCUT2D eigenvalue weighted by atomic mass is 10.1. The van der Waals surface area contributed by atoms with Crippen LogP contribution in [0.2, 0.25) is 0 Å². The number of methoxy groups -OCH3 is 3. The minimum atomic E-state index is 0.752. The Balaban J connectivity index is 2.41. The molecule has 6 nitrogen and oxygen atoms in total. The summed E-state index contributed by atoms with van der Waals surface area (Å²) in [5.74, 6) is 2.38. The van der Waals surface area contributed by atoms with Crippen molar-refractivity contribution in [3.8, 4) is 11.5 Å². The Hall–Kier alpha value is -1.95. The van der Waals surface area contributed by atoms with Crippen molar-refractivity contribution in [1.82, 2.24) is 10.6 Å². The first-order valence-electron chi connectivity index (χ1n) is 8.97. The largest absolute Gasteiger partial charge is 0.493 e. The quantitative estimate of drug-likeness (QED) is 0.344. The molecule has 1 aromatic rings. The molecule has 0 unspecified atom stereocenters. The maximum absolute atomic E-state index is 5.35. The Morgan fingerprint density at radius 1 is 1.00 bits per heavy atom. The second-order valence-electron chi connectivity index (χ2n) is 5.68. The van der Waals surface area contributed by atoms with Crippen molar-refractivity contribution >= 4 is 5.96 Å². The van der Waals surface area contributed by atoms with Crippen LogP contribution < -0.4 is 20.1 Å². The van der Waals surface area contributed by atoms with E-state index in [1.54, 1.807) is 21.3 Å². The van der Waals surface area contributed by atoms with Crippen molar-refractivity contribution in [3.05, 3.63) is 23.8 Å². The molecule has 1 rings (SSSR count). The Kier molecular flexibility index (Phi) is 11.3. The third kappa shape index (κ3) is 8.63.